The van der Waals surface area contributed by atoms with Crippen LogP contribution >= 0.6 is 0 Å². The van der Waals surface area contributed by atoms with Gasteiger partial charge in [0.05, 0.1) is 20.9 Å². The lowest BCUT2D eigenvalue weighted by Gasteiger charge is -2.22. The van der Waals surface area contributed by atoms with Crippen molar-refractivity contribution in [2.75, 3.05) is 9.44 Å². The summed E-state index contributed by atoms with van der Waals surface area (Å²) in [6.07, 6.45) is 0. The van der Waals surface area contributed by atoms with E-state index in [0.717, 1.165) is 0 Å². The molecule has 0 bridgehead atoms. The number of benzene rings is 2. The molecule has 2 N–H and O–H groups in total. The third-order valence-corrected chi connectivity index (χ3v) is 8.51. The van der Waals surface area contributed by atoms with Crippen molar-refractivity contribution in [2.45, 2.75) is 51.0 Å². The standard InChI is InChI=1S/C20H29BN2O6S2/c1-19(2,3)30(24,25)22-15-11-7-9-13-17(15)28-21-29-18-14-10-8-12-16(18)23-31(26,27)20(4,5)6/h7-14,21-23H,1-6H3. The van der Waals surface area contributed by atoms with Crippen LogP contribution < -0.4 is 18.8 Å². The van der Waals surface area contributed by atoms with Crippen LogP contribution in [0, 0.1) is 0 Å². The topological polar surface area (TPSA) is 111 Å². The monoisotopic (exact) mass is 468 g/mol. The summed E-state index contributed by atoms with van der Waals surface area (Å²) in [7, 11) is -7.54. The zero-order chi connectivity index (χ0) is 23.5. The summed E-state index contributed by atoms with van der Waals surface area (Å²) in [5.74, 6) is 0.561. The molecule has 8 nitrogen and oxygen atoms in total. The molecule has 0 heterocycles. The van der Waals surface area contributed by atoms with Crippen LogP contribution in [0.15, 0.2) is 48.5 Å². The molecule has 2 rings (SSSR count). The van der Waals surface area contributed by atoms with Gasteiger partial charge in [0.1, 0.15) is 11.5 Å². The van der Waals surface area contributed by atoms with Crippen molar-refractivity contribution in [3.63, 3.8) is 0 Å². The summed E-state index contributed by atoms with van der Waals surface area (Å²) in [6, 6.07) is 13.2. The minimum atomic E-state index is -3.64. The van der Waals surface area contributed by atoms with Crippen molar-refractivity contribution in [2.24, 2.45) is 0 Å². The Kier molecular flexibility index (Phi) is 7.22. The van der Waals surface area contributed by atoms with E-state index in [0.29, 0.717) is 0 Å². The van der Waals surface area contributed by atoms with E-state index in [-0.39, 0.29) is 30.6 Å². The molecule has 31 heavy (non-hydrogen) atoms. The first-order chi connectivity index (χ1) is 14.1. The zero-order valence-electron chi connectivity index (χ0n) is 18.6. The molecule has 2 aromatic carbocycles. The molecule has 0 atom stereocenters. The van der Waals surface area contributed by atoms with Crippen molar-refractivity contribution in [1.82, 2.24) is 0 Å². The smallest absolute Gasteiger partial charge is 0.527 e. The van der Waals surface area contributed by atoms with E-state index in [1.54, 1.807) is 90.1 Å². The fourth-order valence-corrected chi connectivity index (χ4v) is 3.63. The Labute approximate surface area is 185 Å². The molecule has 0 amide bonds. The molecule has 0 saturated carbocycles. The molecule has 0 aliphatic carbocycles. The Morgan fingerprint density at radius 3 is 1.29 bits per heavy atom. The van der Waals surface area contributed by atoms with Crippen LogP contribution in [0.3, 0.4) is 0 Å². The van der Waals surface area contributed by atoms with Crippen molar-refractivity contribution in [3.05, 3.63) is 48.5 Å². The quantitative estimate of drug-likeness (QED) is 0.574. The van der Waals surface area contributed by atoms with Gasteiger partial charge in [-0.25, -0.2) is 16.8 Å². The average molecular weight is 468 g/mol. The maximum atomic E-state index is 12.5. The fraction of sp³-hybridized carbons (Fsp3) is 0.400. The Bertz CT molecular complexity index is 1030. The number of anilines is 2. The Morgan fingerprint density at radius 2 is 0.968 bits per heavy atom. The molecule has 0 radical (unpaired) electrons. The molecule has 0 aromatic heterocycles. The maximum absolute atomic E-state index is 12.5. The lowest BCUT2D eigenvalue weighted by molar-refractivity contribution is 0.461. The summed E-state index contributed by atoms with van der Waals surface area (Å²) < 4.78 is 64.2. The maximum Gasteiger partial charge on any atom is 0.576 e. The zero-order valence-corrected chi connectivity index (χ0v) is 20.2. The van der Waals surface area contributed by atoms with Gasteiger partial charge in [-0.2, -0.15) is 0 Å². The molecule has 0 unspecified atom stereocenters. The second kappa shape index (κ2) is 9.00. The normalized spacial score (nSPS) is 12.7. The average Bonchev–Trinajstić information content (AvgIpc) is 2.62. The molecular formula is C20H29BN2O6S2. The van der Waals surface area contributed by atoms with Gasteiger partial charge in [-0.15, -0.1) is 0 Å². The van der Waals surface area contributed by atoms with Crippen LogP contribution in [-0.4, -0.2) is 34.0 Å². The number of hydrogen-bond donors (Lipinski definition) is 2. The van der Waals surface area contributed by atoms with Crippen LogP contribution in [0.5, 0.6) is 11.5 Å². The molecule has 11 heteroatoms. The summed E-state index contributed by atoms with van der Waals surface area (Å²) in [4.78, 5) is 0. The Hall–Kier alpha value is -2.40. The van der Waals surface area contributed by atoms with E-state index in [1.807, 2.05) is 0 Å². The number of para-hydroxylation sites is 4. The van der Waals surface area contributed by atoms with E-state index < -0.39 is 29.5 Å². The lowest BCUT2D eigenvalue weighted by atomic mass is 10.2. The third-order valence-electron chi connectivity index (χ3n) is 4.30. The Morgan fingerprint density at radius 1 is 0.645 bits per heavy atom. The largest absolute Gasteiger partial charge is 0.576 e. The van der Waals surface area contributed by atoms with E-state index in [2.05, 4.69) is 9.44 Å². The van der Waals surface area contributed by atoms with Gasteiger partial charge in [-0.3, -0.25) is 9.44 Å². The summed E-state index contributed by atoms with van der Waals surface area (Å²) >= 11 is 0. The summed E-state index contributed by atoms with van der Waals surface area (Å²) in [5.41, 5.74) is 0.561. The van der Waals surface area contributed by atoms with Crippen molar-refractivity contribution in [3.8, 4) is 11.5 Å². The predicted octanol–water partition coefficient (Wildman–Crippen LogP) is 3.49. The molecule has 0 fully saturated rings. The molecule has 0 spiro atoms. The van der Waals surface area contributed by atoms with Gasteiger partial charge in [-0.05, 0) is 65.8 Å². The second-order valence-corrected chi connectivity index (χ2v) is 13.7. The van der Waals surface area contributed by atoms with Gasteiger partial charge in [-0.1, -0.05) is 24.3 Å². The van der Waals surface area contributed by atoms with Crippen molar-refractivity contribution >= 4 is 39.1 Å². The van der Waals surface area contributed by atoms with Crippen molar-refractivity contribution in [1.29, 1.82) is 0 Å². The van der Waals surface area contributed by atoms with Crippen LogP contribution in [0.25, 0.3) is 0 Å². The highest BCUT2D eigenvalue weighted by atomic mass is 32.2. The fourth-order valence-electron chi connectivity index (χ4n) is 2.11. The highest BCUT2D eigenvalue weighted by molar-refractivity contribution is 7.94. The highest BCUT2D eigenvalue weighted by Crippen LogP contribution is 2.30. The minimum Gasteiger partial charge on any atom is -0.527 e. The molecule has 0 aliphatic heterocycles. The predicted molar refractivity (Wildman–Crippen MR) is 126 cm³/mol. The minimum absolute atomic E-state index is 0.261. The molecular weight excluding hydrogens is 439 g/mol. The number of nitrogens with one attached hydrogen (secondary N) is 2. The number of sulfonamides is 2. The molecule has 170 valence electrons. The molecule has 0 aliphatic rings. The van der Waals surface area contributed by atoms with E-state index in [9.17, 15) is 16.8 Å². The van der Waals surface area contributed by atoms with Crippen LogP contribution in [0.1, 0.15) is 41.5 Å². The number of rotatable bonds is 8. The van der Waals surface area contributed by atoms with Crippen LogP contribution in [-0.2, 0) is 20.0 Å². The van der Waals surface area contributed by atoms with Gasteiger partial charge in [0.25, 0.3) is 0 Å². The van der Waals surface area contributed by atoms with Crippen LogP contribution in [0.2, 0.25) is 0 Å². The first kappa shape index (κ1) is 24.9. The van der Waals surface area contributed by atoms with Gasteiger partial charge in [0.15, 0.2) is 0 Å². The molecule has 2 aromatic rings. The SMILES string of the molecule is CC(C)(C)S(=O)(=O)Nc1ccccc1OBOc1ccccc1NS(=O)(=O)C(C)(C)C. The summed E-state index contributed by atoms with van der Waals surface area (Å²) in [6.45, 7) is 9.57. The number of hydrogen-bond acceptors (Lipinski definition) is 6. The first-order valence-corrected chi connectivity index (χ1v) is 12.6. The second-order valence-electron chi connectivity index (χ2n) is 8.83. The van der Waals surface area contributed by atoms with Gasteiger partial charge in [0, 0.05) is 0 Å². The van der Waals surface area contributed by atoms with Gasteiger partial charge >= 0.3 is 7.69 Å². The lowest BCUT2D eigenvalue weighted by Crippen LogP contribution is -2.34. The first-order valence-electron chi connectivity index (χ1n) is 9.62. The molecule has 0 saturated heterocycles. The van der Waals surface area contributed by atoms with Gasteiger partial charge in [0.2, 0.25) is 20.0 Å². The Balaban J connectivity index is 2.14. The van der Waals surface area contributed by atoms with Crippen LogP contribution in [0.4, 0.5) is 11.4 Å². The van der Waals surface area contributed by atoms with Gasteiger partial charge < -0.3 is 9.31 Å². The van der Waals surface area contributed by atoms with E-state index >= 15 is 0 Å². The van der Waals surface area contributed by atoms with E-state index in [4.69, 9.17) is 9.31 Å². The summed E-state index contributed by atoms with van der Waals surface area (Å²) in [5, 5.41) is 0. The highest BCUT2D eigenvalue weighted by Gasteiger charge is 2.30. The van der Waals surface area contributed by atoms with Crippen molar-refractivity contribution < 1.29 is 26.1 Å². The third kappa shape index (κ3) is 6.30. The van der Waals surface area contributed by atoms with E-state index in [1.165, 1.54) is 0 Å².